The van der Waals surface area contributed by atoms with E-state index in [1.807, 2.05) is 0 Å². The summed E-state index contributed by atoms with van der Waals surface area (Å²) in [6.07, 6.45) is -3.40. The molecule has 0 radical (unpaired) electrons. The summed E-state index contributed by atoms with van der Waals surface area (Å²) in [5.41, 5.74) is -0.386. The van der Waals surface area contributed by atoms with Crippen molar-refractivity contribution >= 4 is 15.9 Å². The molecule has 1 saturated carbocycles. The largest absolute Gasteiger partial charge is 0.416 e. The van der Waals surface area contributed by atoms with Gasteiger partial charge in [-0.25, -0.2) is 0 Å². The first-order valence-electron chi connectivity index (χ1n) is 4.94. The van der Waals surface area contributed by atoms with Gasteiger partial charge < -0.3 is 5.11 Å². The molecule has 0 bridgehead atoms. The predicted octanol–water partition coefficient (Wildman–Crippen LogP) is 3.91. The predicted molar refractivity (Wildman–Crippen MR) is 56.8 cm³/mol. The lowest BCUT2D eigenvalue weighted by Crippen LogP contribution is -2.08. The monoisotopic (exact) mass is 294 g/mol. The molecule has 0 amide bonds. The molecular weight excluding hydrogens is 285 g/mol. The van der Waals surface area contributed by atoms with Gasteiger partial charge in [-0.05, 0) is 42.5 Å². The molecule has 0 saturated heterocycles. The molecule has 1 fully saturated rings. The van der Waals surface area contributed by atoms with Crippen LogP contribution in [0.3, 0.4) is 0 Å². The Kier molecular flexibility index (Phi) is 3.01. The van der Waals surface area contributed by atoms with Crippen LogP contribution in [0.2, 0.25) is 0 Å². The van der Waals surface area contributed by atoms with Gasteiger partial charge in [0.05, 0.1) is 11.7 Å². The number of benzene rings is 1. The topological polar surface area (TPSA) is 20.2 Å². The van der Waals surface area contributed by atoms with Crippen molar-refractivity contribution in [3.05, 3.63) is 33.8 Å². The van der Waals surface area contributed by atoms with Gasteiger partial charge in [0.25, 0.3) is 0 Å². The summed E-state index contributed by atoms with van der Waals surface area (Å²) in [7, 11) is 0. The van der Waals surface area contributed by atoms with E-state index in [1.165, 1.54) is 6.07 Å². The third-order valence-corrected chi connectivity index (χ3v) is 3.43. The molecular formula is C11H10BrF3O. The minimum absolute atomic E-state index is 0.111. The van der Waals surface area contributed by atoms with E-state index in [0.717, 1.165) is 25.0 Å². The number of alkyl halides is 3. The molecule has 5 heteroatoms. The van der Waals surface area contributed by atoms with Crippen LogP contribution < -0.4 is 0 Å². The van der Waals surface area contributed by atoms with Crippen LogP contribution in [-0.2, 0) is 6.18 Å². The van der Waals surface area contributed by atoms with Gasteiger partial charge in [0, 0.05) is 4.47 Å². The Morgan fingerprint density at radius 2 is 1.94 bits per heavy atom. The Morgan fingerprint density at radius 1 is 1.31 bits per heavy atom. The van der Waals surface area contributed by atoms with E-state index in [-0.39, 0.29) is 5.92 Å². The molecule has 1 aromatic rings. The molecule has 2 rings (SSSR count). The quantitative estimate of drug-likeness (QED) is 0.877. The fraction of sp³-hybridized carbons (Fsp3) is 0.455. The minimum atomic E-state index is -4.36. The fourth-order valence-corrected chi connectivity index (χ4v) is 2.09. The summed E-state index contributed by atoms with van der Waals surface area (Å²) >= 11 is 3.17. The van der Waals surface area contributed by atoms with Crippen molar-refractivity contribution in [3.63, 3.8) is 0 Å². The summed E-state index contributed by atoms with van der Waals surface area (Å²) in [6.45, 7) is 0. The van der Waals surface area contributed by atoms with Crippen LogP contribution >= 0.6 is 15.9 Å². The van der Waals surface area contributed by atoms with Gasteiger partial charge in [-0.2, -0.15) is 13.2 Å². The molecule has 16 heavy (non-hydrogen) atoms. The number of aliphatic hydroxyl groups is 1. The Hall–Kier alpha value is -0.550. The smallest absolute Gasteiger partial charge is 0.388 e. The number of rotatable bonds is 2. The standard InChI is InChI=1S/C11H10BrF3O/c12-9-4-3-7(11(13,14)15)5-8(9)10(16)6-1-2-6/h3-6,10,16H,1-2H2. The first-order valence-corrected chi connectivity index (χ1v) is 5.73. The number of aliphatic hydroxyl groups excluding tert-OH is 1. The van der Waals surface area contributed by atoms with Crippen molar-refractivity contribution in [1.82, 2.24) is 0 Å². The molecule has 1 aromatic carbocycles. The van der Waals surface area contributed by atoms with Crippen molar-refractivity contribution in [2.24, 2.45) is 5.92 Å². The van der Waals surface area contributed by atoms with Crippen molar-refractivity contribution in [1.29, 1.82) is 0 Å². The lowest BCUT2D eigenvalue weighted by molar-refractivity contribution is -0.137. The van der Waals surface area contributed by atoms with Gasteiger partial charge in [0.1, 0.15) is 0 Å². The van der Waals surface area contributed by atoms with Gasteiger partial charge in [-0.1, -0.05) is 15.9 Å². The van der Waals surface area contributed by atoms with Crippen LogP contribution in [0.1, 0.15) is 30.1 Å². The molecule has 0 spiro atoms. The second-order valence-electron chi connectivity index (χ2n) is 4.02. The van der Waals surface area contributed by atoms with Crippen molar-refractivity contribution in [3.8, 4) is 0 Å². The van der Waals surface area contributed by atoms with Gasteiger partial charge in [-0.15, -0.1) is 0 Å². The summed E-state index contributed by atoms with van der Waals surface area (Å²) < 4.78 is 38.0. The molecule has 1 atom stereocenters. The zero-order chi connectivity index (χ0) is 11.9. The zero-order valence-corrected chi connectivity index (χ0v) is 9.85. The van der Waals surface area contributed by atoms with Crippen LogP contribution in [0.25, 0.3) is 0 Å². The van der Waals surface area contributed by atoms with E-state index in [1.54, 1.807) is 0 Å². The van der Waals surface area contributed by atoms with E-state index >= 15 is 0 Å². The lowest BCUT2D eigenvalue weighted by Gasteiger charge is -2.14. The Labute approximate surface area is 99.4 Å². The van der Waals surface area contributed by atoms with Crippen molar-refractivity contribution in [2.75, 3.05) is 0 Å². The SMILES string of the molecule is OC(c1cc(C(F)(F)F)ccc1Br)C1CC1. The second kappa shape index (κ2) is 4.04. The fourth-order valence-electron chi connectivity index (χ4n) is 1.61. The maximum Gasteiger partial charge on any atom is 0.416 e. The van der Waals surface area contributed by atoms with Crippen LogP contribution in [-0.4, -0.2) is 5.11 Å². The maximum atomic E-state index is 12.5. The minimum Gasteiger partial charge on any atom is -0.388 e. The van der Waals surface area contributed by atoms with Gasteiger partial charge >= 0.3 is 6.18 Å². The highest BCUT2D eigenvalue weighted by Gasteiger charge is 2.35. The van der Waals surface area contributed by atoms with E-state index in [2.05, 4.69) is 15.9 Å². The van der Waals surface area contributed by atoms with E-state index in [4.69, 9.17) is 0 Å². The summed E-state index contributed by atoms with van der Waals surface area (Å²) in [6, 6.07) is 3.37. The third kappa shape index (κ3) is 2.40. The average molecular weight is 295 g/mol. The summed E-state index contributed by atoms with van der Waals surface area (Å²) in [4.78, 5) is 0. The van der Waals surface area contributed by atoms with E-state index in [9.17, 15) is 18.3 Å². The van der Waals surface area contributed by atoms with Crippen LogP contribution in [0.4, 0.5) is 13.2 Å². The van der Waals surface area contributed by atoms with Gasteiger partial charge in [0.2, 0.25) is 0 Å². The Bertz CT molecular complexity index is 399. The maximum absolute atomic E-state index is 12.5. The lowest BCUT2D eigenvalue weighted by atomic mass is 10.0. The number of halogens is 4. The normalized spacial score (nSPS) is 18.6. The first kappa shape index (κ1) is 11.9. The van der Waals surface area contributed by atoms with E-state index in [0.29, 0.717) is 10.0 Å². The second-order valence-corrected chi connectivity index (χ2v) is 4.87. The van der Waals surface area contributed by atoms with Gasteiger partial charge in [-0.3, -0.25) is 0 Å². The molecule has 1 aliphatic rings. The number of hydrogen-bond donors (Lipinski definition) is 1. The molecule has 0 heterocycles. The third-order valence-electron chi connectivity index (χ3n) is 2.71. The van der Waals surface area contributed by atoms with Crippen molar-refractivity contribution < 1.29 is 18.3 Å². The molecule has 1 nitrogen and oxygen atoms in total. The van der Waals surface area contributed by atoms with Crippen molar-refractivity contribution in [2.45, 2.75) is 25.1 Å². The highest BCUT2D eigenvalue weighted by Crippen LogP contribution is 2.44. The summed E-state index contributed by atoms with van der Waals surface area (Å²) in [5.74, 6) is 0.111. The van der Waals surface area contributed by atoms with Crippen LogP contribution in [0.5, 0.6) is 0 Å². The summed E-state index contributed by atoms with van der Waals surface area (Å²) in [5, 5.41) is 9.83. The highest BCUT2D eigenvalue weighted by atomic mass is 79.9. The molecule has 0 aromatic heterocycles. The van der Waals surface area contributed by atoms with Crippen LogP contribution in [0, 0.1) is 5.92 Å². The molecule has 1 aliphatic carbocycles. The zero-order valence-electron chi connectivity index (χ0n) is 8.26. The van der Waals surface area contributed by atoms with Gasteiger partial charge in [0.15, 0.2) is 0 Å². The average Bonchev–Trinajstić information content (AvgIpc) is 2.98. The molecule has 0 aliphatic heterocycles. The van der Waals surface area contributed by atoms with E-state index < -0.39 is 17.8 Å². The molecule has 88 valence electrons. The van der Waals surface area contributed by atoms with Crippen LogP contribution in [0.15, 0.2) is 22.7 Å². The first-order chi connectivity index (χ1) is 7.39. The number of hydrogen-bond acceptors (Lipinski definition) is 1. The Balaban J connectivity index is 2.36. The molecule has 1 N–H and O–H groups in total. The Morgan fingerprint density at radius 3 is 2.44 bits per heavy atom. The highest BCUT2D eigenvalue weighted by molar-refractivity contribution is 9.10. The molecule has 1 unspecified atom stereocenters.